The number of benzene rings is 2. The van der Waals surface area contributed by atoms with E-state index in [4.69, 9.17) is 11.6 Å². The maximum absolute atomic E-state index is 12.2. The first kappa shape index (κ1) is 14.9. The van der Waals surface area contributed by atoms with Crippen LogP contribution in [-0.2, 0) is 0 Å². The van der Waals surface area contributed by atoms with E-state index in [1.54, 1.807) is 36.4 Å². The minimum Gasteiger partial charge on any atom is -0.508 e. The molecule has 5 heteroatoms. The first-order valence-corrected chi connectivity index (χ1v) is 7.20. The highest BCUT2D eigenvalue weighted by Crippen LogP contribution is 2.26. The molecule has 0 fully saturated rings. The Morgan fingerprint density at radius 3 is 2.70 bits per heavy atom. The molecule has 0 saturated carbocycles. The normalized spacial score (nSPS) is 11.9. The van der Waals surface area contributed by atoms with Crippen LogP contribution in [0, 0.1) is 0 Å². The summed E-state index contributed by atoms with van der Waals surface area (Å²) in [6, 6.07) is 11.7. The van der Waals surface area contributed by atoms with Crippen LogP contribution < -0.4 is 5.32 Å². The highest BCUT2D eigenvalue weighted by Gasteiger charge is 2.15. The molecule has 2 aromatic carbocycles. The van der Waals surface area contributed by atoms with Crippen molar-refractivity contribution in [1.29, 1.82) is 0 Å². The van der Waals surface area contributed by atoms with Crippen LogP contribution in [0.5, 0.6) is 5.75 Å². The first-order chi connectivity index (χ1) is 9.49. The Morgan fingerprint density at radius 1 is 1.30 bits per heavy atom. The van der Waals surface area contributed by atoms with Crippen LogP contribution in [-0.4, -0.2) is 11.0 Å². The minimum atomic E-state index is -0.257. The minimum absolute atomic E-state index is 0.170. The van der Waals surface area contributed by atoms with Gasteiger partial charge in [-0.05, 0) is 52.7 Å². The largest absolute Gasteiger partial charge is 0.508 e. The molecule has 2 aromatic rings. The molecule has 0 aromatic heterocycles. The predicted molar refractivity (Wildman–Crippen MR) is 83.1 cm³/mol. The molecule has 0 saturated heterocycles. The highest BCUT2D eigenvalue weighted by atomic mass is 79.9. The number of amides is 1. The maximum atomic E-state index is 12.2. The Hall–Kier alpha value is -1.52. The van der Waals surface area contributed by atoms with Crippen LogP contribution in [0.1, 0.15) is 28.9 Å². The Bertz CT molecular complexity index is 646. The Balaban J connectivity index is 2.17. The summed E-state index contributed by atoms with van der Waals surface area (Å²) in [6.07, 6.45) is 0. The van der Waals surface area contributed by atoms with Gasteiger partial charge in [0.2, 0.25) is 0 Å². The quantitative estimate of drug-likeness (QED) is 0.863. The van der Waals surface area contributed by atoms with Crippen LogP contribution in [0.2, 0.25) is 5.02 Å². The van der Waals surface area contributed by atoms with Crippen molar-refractivity contribution in [3.63, 3.8) is 0 Å². The zero-order chi connectivity index (χ0) is 14.7. The molecule has 104 valence electrons. The molecule has 2 N–H and O–H groups in total. The third kappa shape index (κ3) is 3.32. The van der Waals surface area contributed by atoms with Crippen molar-refractivity contribution in [2.45, 2.75) is 13.0 Å². The molecule has 0 radical (unpaired) electrons. The molecule has 1 atom stereocenters. The van der Waals surface area contributed by atoms with Gasteiger partial charge in [-0.15, -0.1) is 0 Å². The number of hydrogen-bond acceptors (Lipinski definition) is 2. The van der Waals surface area contributed by atoms with Gasteiger partial charge in [0.25, 0.3) is 5.91 Å². The molecule has 0 heterocycles. The van der Waals surface area contributed by atoms with Gasteiger partial charge in [0.1, 0.15) is 5.75 Å². The second-order valence-electron chi connectivity index (χ2n) is 4.39. The lowest BCUT2D eigenvalue weighted by Crippen LogP contribution is -2.26. The van der Waals surface area contributed by atoms with Gasteiger partial charge in [0.05, 0.1) is 16.6 Å². The lowest BCUT2D eigenvalue weighted by atomic mass is 10.1. The van der Waals surface area contributed by atoms with Crippen molar-refractivity contribution in [2.75, 3.05) is 0 Å². The van der Waals surface area contributed by atoms with Gasteiger partial charge in [-0.1, -0.05) is 29.8 Å². The Kier molecular flexibility index (Phi) is 4.68. The van der Waals surface area contributed by atoms with E-state index in [0.29, 0.717) is 15.1 Å². The van der Waals surface area contributed by atoms with Gasteiger partial charge in [-0.3, -0.25) is 4.79 Å². The van der Waals surface area contributed by atoms with Gasteiger partial charge < -0.3 is 10.4 Å². The van der Waals surface area contributed by atoms with Gasteiger partial charge in [-0.2, -0.15) is 0 Å². The number of carbonyl (C=O) groups is 1. The summed E-state index contributed by atoms with van der Waals surface area (Å²) in [4.78, 5) is 12.2. The van der Waals surface area contributed by atoms with E-state index in [0.717, 1.165) is 5.56 Å². The molecule has 0 bridgehead atoms. The van der Waals surface area contributed by atoms with Gasteiger partial charge in [-0.25, -0.2) is 0 Å². The molecule has 20 heavy (non-hydrogen) atoms. The number of nitrogens with one attached hydrogen (secondary N) is 1. The molecule has 0 aliphatic rings. The lowest BCUT2D eigenvalue weighted by Gasteiger charge is -2.15. The van der Waals surface area contributed by atoms with E-state index < -0.39 is 0 Å². The first-order valence-electron chi connectivity index (χ1n) is 6.03. The van der Waals surface area contributed by atoms with E-state index in [1.807, 2.05) is 13.0 Å². The molecule has 2 rings (SSSR count). The summed E-state index contributed by atoms with van der Waals surface area (Å²) in [5, 5.41) is 12.7. The summed E-state index contributed by atoms with van der Waals surface area (Å²) in [7, 11) is 0. The van der Waals surface area contributed by atoms with Crippen molar-refractivity contribution < 1.29 is 9.90 Å². The number of halogens is 2. The number of rotatable bonds is 3. The zero-order valence-corrected chi connectivity index (χ0v) is 13.1. The molecule has 1 unspecified atom stereocenters. The van der Waals surface area contributed by atoms with E-state index in [9.17, 15) is 9.90 Å². The average molecular weight is 355 g/mol. The number of hydrogen-bond donors (Lipinski definition) is 2. The van der Waals surface area contributed by atoms with Gasteiger partial charge in [0.15, 0.2) is 0 Å². The summed E-state index contributed by atoms with van der Waals surface area (Å²) < 4.78 is 0.678. The Morgan fingerprint density at radius 2 is 2.00 bits per heavy atom. The smallest absolute Gasteiger partial charge is 0.253 e. The van der Waals surface area contributed by atoms with E-state index in [2.05, 4.69) is 21.2 Å². The van der Waals surface area contributed by atoms with Crippen molar-refractivity contribution in [3.05, 3.63) is 63.1 Å². The van der Waals surface area contributed by atoms with E-state index in [1.165, 1.54) is 0 Å². The lowest BCUT2D eigenvalue weighted by molar-refractivity contribution is 0.0940. The molecule has 0 aliphatic heterocycles. The van der Waals surface area contributed by atoms with Gasteiger partial charge in [0, 0.05) is 4.47 Å². The summed E-state index contributed by atoms with van der Waals surface area (Å²) >= 11 is 9.39. The average Bonchev–Trinajstić information content (AvgIpc) is 2.41. The van der Waals surface area contributed by atoms with Crippen LogP contribution in [0.15, 0.2) is 46.9 Å². The van der Waals surface area contributed by atoms with Crippen LogP contribution in [0.25, 0.3) is 0 Å². The van der Waals surface area contributed by atoms with Crippen molar-refractivity contribution in [2.24, 2.45) is 0 Å². The molecular formula is C15H13BrClNO2. The van der Waals surface area contributed by atoms with E-state index >= 15 is 0 Å². The van der Waals surface area contributed by atoms with Crippen LogP contribution in [0.4, 0.5) is 0 Å². The number of phenolic OH excluding ortho intramolecular Hbond substituents is 1. The summed E-state index contributed by atoms with van der Waals surface area (Å²) in [5.74, 6) is -0.0868. The molecular weight excluding hydrogens is 342 g/mol. The Labute approximate surface area is 130 Å². The topological polar surface area (TPSA) is 49.3 Å². The second-order valence-corrected chi connectivity index (χ2v) is 5.62. The van der Waals surface area contributed by atoms with Crippen LogP contribution >= 0.6 is 27.5 Å². The molecule has 1 amide bonds. The summed E-state index contributed by atoms with van der Waals surface area (Å²) in [6.45, 7) is 1.85. The SMILES string of the molecule is CC(NC(=O)c1cccc(Br)c1Cl)c1cccc(O)c1. The maximum Gasteiger partial charge on any atom is 0.253 e. The van der Waals surface area contributed by atoms with Crippen molar-refractivity contribution >= 4 is 33.4 Å². The standard InChI is InChI=1S/C15H13BrClNO2/c1-9(10-4-2-5-11(19)8-10)18-15(20)12-6-3-7-13(16)14(12)17/h2-9,19H,1H3,(H,18,20). The van der Waals surface area contributed by atoms with E-state index in [-0.39, 0.29) is 17.7 Å². The number of aromatic hydroxyl groups is 1. The fourth-order valence-corrected chi connectivity index (χ4v) is 2.41. The van der Waals surface area contributed by atoms with Crippen LogP contribution in [0.3, 0.4) is 0 Å². The molecule has 0 aliphatic carbocycles. The zero-order valence-electron chi connectivity index (χ0n) is 10.7. The fourth-order valence-electron chi connectivity index (χ4n) is 1.83. The number of phenols is 1. The molecule has 0 spiro atoms. The van der Waals surface area contributed by atoms with Gasteiger partial charge >= 0.3 is 0 Å². The number of carbonyl (C=O) groups excluding carboxylic acids is 1. The highest BCUT2D eigenvalue weighted by molar-refractivity contribution is 9.10. The summed E-state index contributed by atoms with van der Waals surface area (Å²) in [5.41, 5.74) is 1.23. The van der Waals surface area contributed by atoms with Crippen molar-refractivity contribution in [1.82, 2.24) is 5.32 Å². The third-order valence-corrected chi connectivity index (χ3v) is 4.21. The molecule has 3 nitrogen and oxygen atoms in total. The monoisotopic (exact) mass is 353 g/mol. The third-order valence-electron chi connectivity index (χ3n) is 2.91. The second kappa shape index (κ2) is 6.29. The predicted octanol–water partition coefficient (Wildman–Crippen LogP) is 4.30. The van der Waals surface area contributed by atoms with Crippen molar-refractivity contribution in [3.8, 4) is 5.75 Å². The fraction of sp³-hybridized carbons (Fsp3) is 0.133.